The number of hydrogen-bond acceptors (Lipinski definition) is 3. The maximum Gasteiger partial charge on any atom is 0.169 e. The Labute approximate surface area is 87.5 Å². The first-order valence-corrected chi connectivity index (χ1v) is 4.98. The van der Waals surface area contributed by atoms with E-state index in [0.29, 0.717) is 12.1 Å². The Morgan fingerprint density at radius 3 is 2.93 bits per heavy atom. The molecule has 1 atom stereocenters. The van der Waals surface area contributed by atoms with E-state index in [1.165, 1.54) is 18.2 Å². The summed E-state index contributed by atoms with van der Waals surface area (Å²) in [6.07, 6.45) is 0.829. The molecule has 1 aromatic rings. The van der Waals surface area contributed by atoms with Gasteiger partial charge in [-0.1, -0.05) is 0 Å². The molecule has 0 bridgehead atoms. The minimum absolute atomic E-state index is 0.0116. The minimum atomic E-state index is -0.409. The van der Waals surface area contributed by atoms with Crippen LogP contribution in [0.2, 0.25) is 0 Å². The van der Waals surface area contributed by atoms with Gasteiger partial charge in [0.15, 0.2) is 5.78 Å². The third kappa shape index (κ3) is 1.99. The molecule has 0 spiro atoms. The number of anilines is 1. The van der Waals surface area contributed by atoms with E-state index in [1.807, 2.05) is 0 Å². The number of Topliss-reactive ketones (excluding diaryl/α,β-unsaturated/α-hetero) is 1. The van der Waals surface area contributed by atoms with Crippen LogP contribution in [0.3, 0.4) is 0 Å². The summed E-state index contributed by atoms with van der Waals surface area (Å²) in [7, 11) is 0. The van der Waals surface area contributed by atoms with Gasteiger partial charge in [0, 0.05) is 23.7 Å². The molecule has 1 aromatic carbocycles. The molecule has 2 rings (SSSR count). The van der Waals surface area contributed by atoms with Crippen LogP contribution in [0.4, 0.5) is 10.1 Å². The third-order valence-corrected chi connectivity index (χ3v) is 2.71. The van der Waals surface area contributed by atoms with Crippen molar-refractivity contribution in [3.8, 4) is 0 Å². The number of carbonyl (C=O) groups excluding carboxylic acids is 1. The van der Waals surface area contributed by atoms with E-state index in [2.05, 4.69) is 5.32 Å². The highest BCUT2D eigenvalue weighted by Crippen LogP contribution is 2.20. The van der Waals surface area contributed by atoms with Crippen molar-refractivity contribution in [3.63, 3.8) is 0 Å². The second kappa shape index (κ2) is 3.98. The van der Waals surface area contributed by atoms with Gasteiger partial charge in [-0.15, -0.1) is 0 Å². The Hall–Kier alpha value is -1.42. The first-order chi connectivity index (χ1) is 7.18. The molecule has 0 aliphatic carbocycles. The zero-order chi connectivity index (χ0) is 10.8. The summed E-state index contributed by atoms with van der Waals surface area (Å²) in [6.45, 7) is 1.55. The van der Waals surface area contributed by atoms with Gasteiger partial charge < -0.3 is 11.1 Å². The summed E-state index contributed by atoms with van der Waals surface area (Å²) in [5, 5.41) is 3.12. The fourth-order valence-corrected chi connectivity index (χ4v) is 1.86. The lowest BCUT2D eigenvalue weighted by Gasteiger charge is -2.09. The Bertz CT molecular complexity index is 386. The molecule has 0 radical (unpaired) electrons. The standard InChI is InChI=1S/C11H13FN2O/c12-8-1-2-9(10(13)5-8)11(15)7-3-4-14-6-7/h1-2,5,7,14H,3-4,6,13H2. The average Bonchev–Trinajstić information content (AvgIpc) is 2.69. The van der Waals surface area contributed by atoms with Gasteiger partial charge >= 0.3 is 0 Å². The van der Waals surface area contributed by atoms with Crippen LogP contribution < -0.4 is 11.1 Å². The van der Waals surface area contributed by atoms with Crippen molar-refractivity contribution in [3.05, 3.63) is 29.6 Å². The topological polar surface area (TPSA) is 55.1 Å². The molecule has 0 amide bonds. The lowest BCUT2D eigenvalue weighted by Crippen LogP contribution is -2.19. The van der Waals surface area contributed by atoms with Crippen LogP contribution in [0.1, 0.15) is 16.8 Å². The molecule has 80 valence electrons. The molecule has 1 fully saturated rings. The first kappa shape index (κ1) is 10.1. The number of nitrogens with one attached hydrogen (secondary N) is 1. The van der Waals surface area contributed by atoms with Crippen molar-refractivity contribution in [2.45, 2.75) is 6.42 Å². The lowest BCUT2D eigenvalue weighted by molar-refractivity contribution is 0.0931. The lowest BCUT2D eigenvalue weighted by atomic mass is 9.96. The molecule has 0 aromatic heterocycles. The molecule has 15 heavy (non-hydrogen) atoms. The largest absolute Gasteiger partial charge is 0.398 e. The molecule has 1 unspecified atom stereocenters. The molecular formula is C11H13FN2O. The number of ketones is 1. The van der Waals surface area contributed by atoms with E-state index in [1.54, 1.807) is 0 Å². The zero-order valence-corrected chi connectivity index (χ0v) is 8.29. The quantitative estimate of drug-likeness (QED) is 0.567. The van der Waals surface area contributed by atoms with E-state index in [9.17, 15) is 9.18 Å². The van der Waals surface area contributed by atoms with Crippen molar-refractivity contribution in [2.24, 2.45) is 5.92 Å². The van der Waals surface area contributed by atoms with Crippen LogP contribution in [0.5, 0.6) is 0 Å². The van der Waals surface area contributed by atoms with Crippen LogP contribution in [-0.2, 0) is 0 Å². The van der Waals surface area contributed by atoms with Crippen LogP contribution in [0, 0.1) is 11.7 Å². The summed E-state index contributed by atoms with van der Waals surface area (Å²) in [5.41, 5.74) is 6.27. The van der Waals surface area contributed by atoms with Crippen molar-refractivity contribution in [1.29, 1.82) is 0 Å². The monoisotopic (exact) mass is 208 g/mol. The maximum atomic E-state index is 12.8. The highest BCUT2D eigenvalue weighted by atomic mass is 19.1. The van der Waals surface area contributed by atoms with Gasteiger partial charge in [-0.25, -0.2) is 4.39 Å². The van der Waals surface area contributed by atoms with Gasteiger partial charge in [0.05, 0.1) is 0 Å². The van der Waals surface area contributed by atoms with Gasteiger partial charge in [0.2, 0.25) is 0 Å². The highest BCUT2D eigenvalue weighted by molar-refractivity contribution is 6.02. The number of nitrogens with two attached hydrogens (primary N) is 1. The number of rotatable bonds is 2. The van der Waals surface area contributed by atoms with Crippen LogP contribution in [0.25, 0.3) is 0 Å². The van der Waals surface area contributed by atoms with E-state index in [4.69, 9.17) is 5.73 Å². The van der Waals surface area contributed by atoms with Crippen molar-refractivity contribution >= 4 is 11.5 Å². The van der Waals surface area contributed by atoms with Crippen LogP contribution in [-0.4, -0.2) is 18.9 Å². The molecule has 4 heteroatoms. The fraction of sp³-hybridized carbons (Fsp3) is 0.364. The zero-order valence-electron chi connectivity index (χ0n) is 8.29. The normalized spacial score (nSPS) is 20.5. The second-order valence-corrected chi connectivity index (χ2v) is 3.79. The summed E-state index contributed by atoms with van der Waals surface area (Å²) in [6, 6.07) is 3.92. The number of hydrogen-bond donors (Lipinski definition) is 2. The van der Waals surface area contributed by atoms with Gasteiger partial charge in [-0.05, 0) is 31.2 Å². The molecule has 1 aliphatic heterocycles. The summed E-state index contributed by atoms with van der Waals surface area (Å²) in [4.78, 5) is 11.9. The fourth-order valence-electron chi connectivity index (χ4n) is 1.86. The Balaban J connectivity index is 2.24. The smallest absolute Gasteiger partial charge is 0.169 e. The van der Waals surface area contributed by atoms with E-state index < -0.39 is 5.82 Å². The molecule has 1 aliphatic rings. The highest BCUT2D eigenvalue weighted by Gasteiger charge is 2.24. The van der Waals surface area contributed by atoms with Gasteiger partial charge in [-0.2, -0.15) is 0 Å². The molecule has 3 nitrogen and oxygen atoms in total. The maximum absolute atomic E-state index is 12.8. The second-order valence-electron chi connectivity index (χ2n) is 3.79. The Morgan fingerprint density at radius 1 is 1.53 bits per heavy atom. The van der Waals surface area contributed by atoms with Gasteiger partial charge in [0.25, 0.3) is 0 Å². The molecule has 1 heterocycles. The predicted octanol–water partition coefficient (Wildman–Crippen LogP) is 1.20. The van der Waals surface area contributed by atoms with Crippen molar-refractivity contribution < 1.29 is 9.18 Å². The SMILES string of the molecule is Nc1cc(F)ccc1C(=O)C1CCNC1. The molecule has 1 saturated heterocycles. The number of halogens is 1. The van der Waals surface area contributed by atoms with E-state index in [0.717, 1.165) is 13.0 Å². The van der Waals surface area contributed by atoms with E-state index in [-0.39, 0.29) is 17.4 Å². The summed E-state index contributed by atoms with van der Waals surface area (Å²) >= 11 is 0. The van der Waals surface area contributed by atoms with E-state index >= 15 is 0 Å². The molecular weight excluding hydrogens is 195 g/mol. The minimum Gasteiger partial charge on any atom is -0.398 e. The molecule has 0 saturated carbocycles. The predicted molar refractivity (Wildman–Crippen MR) is 56.1 cm³/mol. The Kier molecular flexibility index (Phi) is 2.68. The van der Waals surface area contributed by atoms with Crippen molar-refractivity contribution in [2.75, 3.05) is 18.8 Å². The van der Waals surface area contributed by atoms with Crippen LogP contribution >= 0.6 is 0 Å². The number of nitrogen functional groups attached to an aromatic ring is 1. The number of carbonyl (C=O) groups is 1. The average molecular weight is 208 g/mol. The van der Waals surface area contributed by atoms with Crippen LogP contribution in [0.15, 0.2) is 18.2 Å². The molecule has 3 N–H and O–H groups in total. The Morgan fingerprint density at radius 2 is 2.33 bits per heavy atom. The number of benzene rings is 1. The van der Waals surface area contributed by atoms with Gasteiger partial charge in [0.1, 0.15) is 5.82 Å². The first-order valence-electron chi connectivity index (χ1n) is 4.98. The summed E-state index contributed by atoms with van der Waals surface area (Å²) < 4.78 is 12.8. The van der Waals surface area contributed by atoms with Crippen molar-refractivity contribution in [1.82, 2.24) is 5.32 Å². The third-order valence-electron chi connectivity index (χ3n) is 2.71. The summed E-state index contributed by atoms with van der Waals surface area (Å²) in [5.74, 6) is -0.413. The van der Waals surface area contributed by atoms with Gasteiger partial charge in [-0.3, -0.25) is 4.79 Å².